The van der Waals surface area contributed by atoms with Gasteiger partial charge in [-0.1, -0.05) is 6.07 Å². The Morgan fingerprint density at radius 3 is 2.64 bits per heavy atom. The van der Waals surface area contributed by atoms with Crippen LogP contribution in [0, 0.1) is 21.7 Å². The zero-order valence-electron chi connectivity index (χ0n) is 13.4. The number of nitro groups is 1. The molecular weight excluding hydrogens is 332 g/mol. The van der Waals surface area contributed by atoms with Crippen LogP contribution >= 0.6 is 0 Å². The van der Waals surface area contributed by atoms with Crippen LogP contribution in [0.4, 0.5) is 14.5 Å². The predicted molar refractivity (Wildman–Crippen MR) is 86.2 cm³/mol. The first-order valence-corrected chi connectivity index (χ1v) is 7.95. The average Bonchev–Trinajstić information content (AvgIpc) is 2.58. The number of nitro benzene ring substituents is 1. The van der Waals surface area contributed by atoms with Crippen molar-refractivity contribution in [2.45, 2.75) is 25.5 Å². The second-order valence-corrected chi connectivity index (χ2v) is 5.93. The Bertz CT molecular complexity index is 765. The van der Waals surface area contributed by atoms with Gasteiger partial charge >= 0.3 is 5.69 Å². The number of pyridine rings is 1. The third-order valence-corrected chi connectivity index (χ3v) is 4.15. The molecule has 25 heavy (non-hydrogen) atoms. The summed E-state index contributed by atoms with van der Waals surface area (Å²) in [5, 5.41) is 10.6. The molecule has 1 aliphatic rings. The maximum absolute atomic E-state index is 13.7. The number of halogens is 2. The predicted octanol–water partition coefficient (Wildman–Crippen LogP) is 3.31. The zero-order chi connectivity index (χ0) is 17.8. The number of rotatable bonds is 5. The molecule has 0 atom stereocenters. The summed E-state index contributed by atoms with van der Waals surface area (Å²) in [6, 6.07) is 6.76. The van der Waals surface area contributed by atoms with E-state index in [1.165, 1.54) is 30.5 Å². The smallest absolute Gasteiger partial charge is 0.304 e. The molecule has 0 N–H and O–H groups in total. The van der Waals surface area contributed by atoms with E-state index in [1.807, 2.05) is 0 Å². The average molecular weight is 349 g/mol. The van der Waals surface area contributed by atoms with Crippen molar-refractivity contribution in [3.05, 3.63) is 63.8 Å². The van der Waals surface area contributed by atoms with Gasteiger partial charge in [-0.3, -0.25) is 15.0 Å². The van der Waals surface area contributed by atoms with Gasteiger partial charge in [-0.15, -0.1) is 0 Å². The van der Waals surface area contributed by atoms with Crippen LogP contribution in [0.1, 0.15) is 18.4 Å². The highest BCUT2D eigenvalue weighted by atomic mass is 19.1. The first-order valence-electron chi connectivity index (χ1n) is 7.95. The van der Waals surface area contributed by atoms with Crippen LogP contribution in [0.25, 0.3) is 0 Å². The van der Waals surface area contributed by atoms with E-state index < -0.39 is 22.2 Å². The first-order chi connectivity index (χ1) is 12.0. The van der Waals surface area contributed by atoms with Crippen LogP contribution in [0.5, 0.6) is 5.88 Å². The number of hydrogen-bond donors (Lipinski definition) is 0. The lowest BCUT2D eigenvalue weighted by Gasteiger charge is -2.31. The van der Waals surface area contributed by atoms with Crippen LogP contribution in [0.3, 0.4) is 0 Å². The molecule has 3 rings (SSSR count). The molecule has 2 heterocycles. The van der Waals surface area contributed by atoms with E-state index in [2.05, 4.69) is 9.88 Å². The zero-order valence-corrected chi connectivity index (χ0v) is 13.4. The molecule has 1 fully saturated rings. The molecule has 0 radical (unpaired) electrons. The summed E-state index contributed by atoms with van der Waals surface area (Å²) in [5.74, 6) is -1.30. The van der Waals surface area contributed by atoms with E-state index in [0.29, 0.717) is 38.0 Å². The summed E-state index contributed by atoms with van der Waals surface area (Å²) in [5.41, 5.74) is 0.159. The lowest BCUT2D eigenvalue weighted by molar-refractivity contribution is -0.387. The van der Waals surface area contributed by atoms with E-state index in [-0.39, 0.29) is 12.0 Å². The molecule has 1 aromatic carbocycles. The monoisotopic (exact) mass is 349 g/mol. The number of piperidine rings is 1. The van der Waals surface area contributed by atoms with Gasteiger partial charge in [0.15, 0.2) is 5.82 Å². The van der Waals surface area contributed by atoms with Crippen molar-refractivity contribution in [2.75, 3.05) is 13.1 Å². The molecule has 0 unspecified atom stereocenters. The summed E-state index contributed by atoms with van der Waals surface area (Å²) in [7, 11) is 0. The number of benzene rings is 1. The third-order valence-electron chi connectivity index (χ3n) is 4.15. The van der Waals surface area contributed by atoms with Crippen LogP contribution in [0.2, 0.25) is 0 Å². The maximum Gasteiger partial charge on any atom is 0.304 e. The fourth-order valence-electron chi connectivity index (χ4n) is 2.86. The Morgan fingerprint density at radius 1 is 1.24 bits per heavy atom. The van der Waals surface area contributed by atoms with Crippen LogP contribution in [-0.2, 0) is 6.54 Å². The summed E-state index contributed by atoms with van der Waals surface area (Å²) >= 11 is 0. The van der Waals surface area contributed by atoms with Gasteiger partial charge in [0.2, 0.25) is 5.82 Å². The van der Waals surface area contributed by atoms with Crippen LogP contribution in [-0.4, -0.2) is 34.0 Å². The van der Waals surface area contributed by atoms with E-state index >= 15 is 0 Å². The van der Waals surface area contributed by atoms with Crippen molar-refractivity contribution in [1.82, 2.24) is 9.88 Å². The molecule has 0 saturated carbocycles. The van der Waals surface area contributed by atoms with Crippen LogP contribution < -0.4 is 4.74 Å². The van der Waals surface area contributed by atoms with Gasteiger partial charge in [0.05, 0.1) is 4.92 Å². The van der Waals surface area contributed by atoms with Crippen molar-refractivity contribution >= 4 is 5.69 Å². The second kappa shape index (κ2) is 7.52. The third kappa shape index (κ3) is 4.27. The largest absolute Gasteiger partial charge is 0.472 e. The fraction of sp³-hybridized carbons (Fsp3) is 0.353. The minimum atomic E-state index is -0.827. The van der Waals surface area contributed by atoms with Crippen LogP contribution in [0.15, 0.2) is 36.5 Å². The van der Waals surface area contributed by atoms with Crippen molar-refractivity contribution in [2.24, 2.45) is 0 Å². The topological polar surface area (TPSA) is 68.5 Å². The molecule has 0 spiro atoms. The Labute approximate surface area is 143 Å². The van der Waals surface area contributed by atoms with Gasteiger partial charge in [0.1, 0.15) is 6.10 Å². The molecule has 0 aliphatic carbocycles. The number of likely N-dealkylation sites (tertiary alicyclic amines) is 1. The summed E-state index contributed by atoms with van der Waals surface area (Å²) in [6.45, 7) is 1.91. The standard InChI is InChI=1S/C17H17F2N3O3/c18-14-2-1-7-20-17(14)25-13-5-8-21(9-6-13)11-12-3-4-16(22(23)24)15(19)10-12/h1-4,7,10,13H,5-6,8-9,11H2. The van der Waals surface area contributed by atoms with E-state index in [0.717, 1.165) is 0 Å². The Kier molecular flexibility index (Phi) is 5.18. The lowest BCUT2D eigenvalue weighted by Crippen LogP contribution is -2.38. The van der Waals surface area contributed by atoms with Crippen molar-refractivity contribution in [3.8, 4) is 5.88 Å². The number of aromatic nitrogens is 1. The second-order valence-electron chi connectivity index (χ2n) is 5.93. The fourth-order valence-corrected chi connectivity index (χ4v) is 2.86. The van der Waals surface area contributed by atoms with Gasteiger partial charge in [0.25, 0.3) is 5.88 Å². The summed E-state index contributed by atoms with van der Waals surface area (Å²) in [4.78, 5) is 15.9. The number of ether oxygens (including phenoxy) is 1. The van der Waals surface area contributed by atoms with Gasteiger partial charge in [-0.2, -0.15) is 4.39 Å². The first kappa shape index (κ1) is 17.2. The van der Waals surface area contributed by atoms with Gasteiger partial charge in [-0.05, 0) is 36.6 Å². The van der Waals surface area contributed by atoms with Gasteiger partial charge < -0.3 is 4.74 Å². The molecule has 1 saturated heterocycles. The Hall–Kier alpha value is -2.61. The molecule has 132 valence electrons. The molecule has 1 aromatic heterocycles. The highest BCUT2D eigenvalue weighted by Crippen LogP contribution is 2.22. The molecule has 8 heteroatoms. The summed E-state index contributed by atoms with van der Waals surface area (Å²) in [6.07, 6.45) is 2.77. The van der Waals surface area contributed by atoms with E-state index in [9.17, 15) is 18.9 Å². The van der Waals surface area contributed by atoms with E-state index in [1.54, 1.807) is 6.07 Å². The van der Waals surface area contributed by atoms with Gasteiger partial charge in [-0.25, -0.2) is 9.37 Å². The quantitative estimate of drug-likeness (QED) is 0.612. The molecular formula is C17H17F2N3O3. The molecule has 0 amide bonds. The molecule has 2 aromatic rings. The van der Waals surface area contributed by atoms with Crippen molar-refractivity contribution in [1.29, 1.82) is 0 Å². The highest BCUT2D eigenvalue weighted by Gasteiger charge is 2.23. The minimum Gasteiger partial charge on any atom is -0.472 e. The van der Waals surface area contributed by atoms with Crippen molar-refractivity contribution < 1.29 is 18.4 Å². The minimum absolute atomic E-state index is 0.0124. The highest BCUT2D eigenvalue weighted by molar-refractivity contribution is 5.35. The SMILES string of the molecule is O=[N+]([O-])c1ccc(CN2CCC(Oc3ncccc3F)CC2)cc1F. The molecule has 1 aliphatic heterocycles. The summed E-state index contributed by atoms with van der Waals surface area (Å²) < 4.78 is 32.8. The Morgan fingerprint density at radius 2 is 2.00 bits per heavy atom. The van der Waals surface area contributed by atoms with Crippen molar-refractivity contribution in [3.63, 3.8) is 0 Å². The lowest BCUT2D eigenvalue weighted by atomic mass is 10.1. The number of hydrogen-bond acceptors (Lipinski definition) is 5. The van der Waals surface area contributed by atoms with Gasteiger partial charge in [0, 0.05) is 31.9 Å². The number of nitrogens with zero attached hydrogens (tertiary/aromatic N) is 3. The molecule has 0 bridgehead atoms. The normalized spacial score (nSPS) is 15.9. The van der Waals surface area contributed by atoms with E-state index in [4.69, 9.17) is 4.74 Å². The molecule has 6 nitrogen and oxygen atoms in total. The Balaban J connectivity index is 1.53. The maximum atomic E-state index is 13.7.